The predicted molar refractivity (Wildman–Crippen MR) is 218 cm³/mol. The first kappa shape index (κ1) is 40.2. The molecule has 56 heavy (non-hydrogen) atoms. The minimum atomic E-state index is -3.97. The molecule has 8 rings (SSSR count). The number of piperazine rings is 1. The number of aryl methyl sites for hydroxylation is 1. The van der Waals surface area contributed by atoms with Gasteiger partial charge in [0, 0.05) is 80.7 Å². The molecule has 2 N–H and O–H groups in total. The maximum absolute atomic E-state index is 13.4. The second-order valence-corrected chi connectivity index (χ2v) is 18.5. The van der Waals surface area contributed by atoms with Crippen LogP contribution in [0.4, 0.5) is 11.5 Å². The Bertz CT molecular complexity index is 2030. The van der Waals surface area contributed by atoms with Crippen LogP contribution in [0.3, 0.4) is 0 Å². The summed E-state index contributed by atoms with van der Waals surface area (Å²) in [7, 11) is -2.41. The van der Waals surface area contributed by atoms with Gasteiger partial charge in [0.15, 0.2) is 6.29 Å². The second kappa shape index (κ2) is 16.8. The van der Waals surface area contributed by atoms with E-state index in [-0.39, 0.29) is 28.7 Å². The van der Waals surface area contributed by atoms with Crippen molar-refractivity contribution in [3.05, 3.63) is 88.9 Å². The van der Waals surface area contributed by atoms with Crippen LogP contribution in [0.1, 0.15) is 67.4 Å². The van der Waals surface area contributed by atoms with Gasteiger partial charge in [0.25, 0.3) is 5.91 Å². The molecular weight excluding hydrogens is 752 g/mol. The number of allylic oxidation sites excluding steroid dienone is 1. The lowest BCUT2D eigenvalue weighted by atomic mass is 9.64. The summed E-state index contributed by atoms with van der Waals surface area (Å²) in [6, 6.07) is 11.3. The van der Waals surface area contributed by atoms with E-state index >= 15 is 0 Å². The molecule has 1 saturated carbocycles. The number of carbonyl (C=O) groups is 2. The number of rotatable bonds is 3. The number of amides is 1. The number of halogens is 1. The molecule has 0 unspecified atom stereocenters. The number of carbonyl (C=O) groups excluding carboxylic acids is 2. The normalized spacial score (nSPS) is 30.5. The average Bonchev–Trinajstić information content (AvgIpc) is 3.35. The molecule has 2 bridgehead atoms. The van der Waals surface area contributed by atoms with Gasteiger partial charge in [-0.25, -0.2) is 18.1 Å². The molecule has 3 aromatic rings. The standard InChI is InChI=1S/C34H41ClN2O6S.C8H12N4/c1-22-6-4-15-34(20-38,42-3)29-11-8-26(29)18-37-19-33(14-5-7-24-16-27(35)10-12-28(24)33)21-43-31-13-9-25(17-30(31)37)32(39)36-44(40,41)23(22)2;1-2-11-8(7-10-1)12-5-3-9-4-6-12/h4,9-10,12-13,15-17,20,22-23,26,29H,5-8,11,14,18-19,21H2,1-3H3,(H,36,39);1-2,7,9H,3-6H2/b15-4+;/t22-,23+,26-,29+,33-,34+;/m0./s1. The Kier molecular flexibility index (Phi) is 12.1. The smallest absolute Gasteiger partial charge is 0.264 e. The lowest BCUT2D eigenvalue weighted by Gasteiger charge is -2.48. The number of benzene rings is 2. The Morgan fingerprint density at radius 2 is 1.89 bits per heavy atom. The number of ether oxygens (including phenoxy) is 2. The number of aldehydes is 1. The number of aromatic nitrogens is 2. The molecule has 14 heteroatoms. The van der Waals surface area contributed by atoms with E-state index in [2.05, 4.69) is 41.9 Å². The molecule has 1 amide bonds. The number of sulfonamides is 1. The van der Waals surface area contributed by atoms with Crippen molar-refractivity contribution < 1.29 is 27.5 Å². The number of nitrogens with zero attached hydrogens (tertiary/aromatic N) is 4. The van der Waals surface area contributed by atoms with Gasteiger partial charge in [-0.1, -0.05) is 30.7 Å². The summed E-state index contributed by atoms with van der Waals surface area (Å²) in [5.41, 5.74) is 2.05. The molecule has 1 saturated heterocycles. The summed E-state index contributed by atoms with van der Waals surface area (Å²) in [5.74, 6) is 0.783. The lowest BCUT2D eigenvalue weighted by Crippen LogP contribution is -2.53. The number of methoxy groups -OCH3 is 1. The molecular formula is C42H53ClN6O6S. The highest BCUT2D eigenvalue weighted by Crippen LogP contribution is 2.48. The average molecular weight is 805 g/mol. The van der Waals surface area contributed by atoms with Gasteiger partial charge in [0.2, 0.25) is 10.0 Å². The largest absolute Gasteiger partial charge is 0.490 e. The van der Waals surface area contributed by atoms with Gasteiger partial charge in [-0.15, -0.1) is 0 Å². The minimum Gasteiger partial charge on any atom is -0.490 e. The zero-order chi connectivity index (χ0) is 39.5. The van der Waals surface area contributed by atoms with E-state index in [1.54, 1.807) is 44.6 Å². The van der Waals surface area contributed by atoms with Gasteiger partial charge < -0.3 is 24.6 Å². The Morgan fingerprint density at radius 3 is 2.61 bits per heavy atom. The van der Waals surface area contributed by atoms with Crippen molar-refractivity contribution >= 4 is 45.3 Å². The van der Waals surface area contributed by atoms with Crippen LogP contribution in [0, 0.1) is 17.8 Å². The number of hydrogen-bond donors (Lipinski definition) is 2. The van der Waals surface area contributed by atoms with Crippen molar-refractivity contribution in [2.24, 2.45) is 17.8 Å². The minimum absolute atomic E-state index is 0.0434. The Morgan fingerprint density at radius 1 is 1.07 bits per heavy atom. The first-order chi connectivity index (χ1) is 27.0. The summed E-state index contributed by atoms with van der Waals surface area (Å²) in [6.07, 6.45) is 14.9. The Balaban J connectivity index is 0.000000339. The molecule has 6 atom stereocenters. The molecule has 2 fully saturated rings. The number of nitrogens with one attached hydrogen (secondary N) is 2. The molecule has 5 aliphatic rings. The van der Waals surface area contributed by atoms with Crippen molar-refractivity contribution in [2.75, 3.05) is 62.8 Å². The van der Waals surface area contributed by atoms with E-state index < -0.39 is 26.8 Å². The first-order valence-corrected chi connectivity index (χ1v) is 21.7. The number of fused-ring (bicyclic) bond motifs is 4. The van der Waals surface area contributed by atoms with Crippen molar-refractivity contribution in [1.29, 1.82) is 0 Å². The lowest BCUT2D eigenvalue weighted by molar-refractivity contribution is -0.135. The summed E-state index contributed by atoms with van der Waals surface area (Å²) >= 11 is 6.40. The first-order valence-electron chi connectivity index (χ1n) is 19.7. The van der Waals surface area contributed by atoms with Crippen LogP contribution < -0.4 is 24.6 Å². The second-order valence-electron chi connectivity index (χ2n) is 16.0. The monoisotopic (exact) mass is 804 g/mol. The van der Waals surface area contributed by atoms with Crippen molar-refractivity contribution in [3.63, 3.8) is 0 Å². The van der Waals surface area contributed by atoms with Crippen LogP contribution in [-0.2, 0) is 31.4 Å². The number of anilines is 2. The van der Waals surface area contributed by atoms with Gasteiger partial charge in [-0.05, 0) is 105 Å². The topological polar surface area (TPSA) is 143 Å². The highest BCUT2D eigenvalue weighted by molar-refractivity contribution is 7.90. The SMILES string of the molecule is CO[C@@]1(C=O)/C=C/C[C@H](C)[C@@H](C)S(=O)(=O)NC(=O)c2ccc3c(c2)N(C[C@@H]2CC[C@H]21)C[C@@]1(CCCc2cc(Cl)ccc21)CO3.c1cnc(N2CCNCC2)cn1. The zero-order valence-electron chi connectivity index (χ0n) is 32.5. The van der Waals surface area contributed by atoms with Crippen molar-refractivity contribution in [3.8, 4) is 5.75 Å². The fraction of sp³-hybridized carbons (Fsp3) is 0.524. The fourth-order valence-electron chi connectivity index (χ4n) is 9.03. The molecule has 2 aromatic carbocycles. The van der Waals surface area contributed by atoms with Gasteiger partial charge >= 0.3 is 0 Å². The highest BCUT2D eigenvalue weighted by Gasteiger charge is 2.49. The molecule has 3 aliphatic heterocycles. The van der Waals surface area contributed by atoms with E-state index in [4.69, 9.17) is 21.1 Å². The quantitative estimate of drug-likeness (QED) is 0.261. The Labute approximate surface area is 335 Å². The van der Waals surface area contributed by atoms with Crippen molar-refractivity contribution in [2.45, 2.75) is 68.6 Å². The van der Waals surface area contributed by atoms with Crippen LogP contribution >= 0.6 is 11.6 Å². The highest BCUT2D eigenvalue weighted by atomic mass is 35.5. The molecule has 12 nitrogen and oxygen atoms in total. The maximum atomic E-state index is 13.4. The van der Waals surface area contributed by atoms with Gasteiger partial charge in [0.05, 0.1) is 23.7 Å². The fourth-order valence-corrected chi connectivity index (χ4v) is 10.5. The van der Waals surface area contributed by atoms with Crippen LogP contribution in [0.2, 0.25) is 5.02 Å². The van der Waals surface area contributed by atoms with Gasteiger partial charge in [-0.3, -0.25) is 14.6 Å². The molecule has 1 spiro atoms. The van der Waals surface area contributed by atoms with E-state index in [1.807, 2.05) is 31.3 Å². The van der Waals surface area contributed by atoms with Crippen LogP contribution in [0.15, 0.2) is 67.1 Å². The molecule has 4 heterocycles. The van der Waals surface area contributed by atoms with Crippen molar-refractivity contribution in [1.82, 2.24) is 20.0 Å². The van der Waals surface area contributed by atoms with E-state index in [0.29, 0.717) is 36.9 Å². The van der Waals surface area contributed by atoms with E-state index in [1.165, 1.54) is 11.1 Å². The van der Waals surface area contributed by atoms with Crippen LogP contribution in [-0.4, -0.2) is 94.4 Å². The van der Waals surface area contributed by atoms with Crippen LogP contribution in [0.25, 0.3) is 0 Å². The summed E-state index contributed by atoms with van der Waals surface area (Å²) < 4.78 is 41.3. The summed E-state index contributed by atoms with van der Waals surface area (Å²) in [5, 5.41) is 3.17. The van der Waals surface area contributed by atoms with E-state index in [9.17, 15) is 18.0 Å². The van der Waals surface area contributed by atoms with Gasteiger partial charge in [0.1, 0.15) is 17.2 Å². The van der Waals surface area contributed by atoms with Gasteiger partial charge in [-0.2, -0.15) is 0 Å². The molecule has 300 valence electrons. The Hall–Kier alpha value is -4.04. The summed E-state index contributed by atoms with van der Waals surface area (Å²) in [6.45, 7) is 9.30. The predicted octanol–water partition coefficient (Wildman–Crippen LogP) is 5.35. The molecule has 1 aromatic heterocycles. The molecule has 2 aliphatic carbocycles. The molecule has 0 radical (unpaired) electrons. The third kappa shape index (κ3) is 8.19. The van der Waals surface area contributed by atoms with E-state index in [0.717, 1.165) is 76.1 Å². The maximum Gasteiger partial charge on any atom is 0.264 e. The number of hydrogen-bond acceptors (Lipinski definition) is 11. The van der Waals surface area contributed by atoms with Crippen LogP contribution in [0.5, 0.6) is 5.75 Å². The third-order valence-corrected chi connectivity index (χ3v) is 14.8. The third-order valence-electron chi connectivity index (χ3n) is 12.7. The zero-order valence-corrected chi connectivity index (χ0v) is 34.0. The summed E-state index contributed by atoms with van der Waals surface area (Å²) in [4.78, 5) is 38.9.